The monoisotopic (exact) mass is 467 g/mol. The molecule has 0 unspecified atom stereocenters. The first-order valence-electron chi connectivity index (χ1n) is 11.6. The van der Waals surface area contributed by atoms with Crippen molar-refractivity contribution in [2.24, 2.45) is 10.2 Å². The number of amidine groups is 1. The minimum atomic E-state index is -0.194. The molecule has 0 saturated carbocycles. The van der Waals surface area contributed by atoms with E-state index in [-0.39, 0.29) is 11.2 Å². The molecule has 1 N–H and O–H groups in total. The molecule has 1 aliphatic rings. The molecule has 1 saturated heterocycles. The van der Waals surface area contributed by atoms with Gasteiger partial charge in [0, 0.05) is 0 Å². The smallest absolute Gasteiger partial charge is 0.239 e. The maximum Gasteiger partial charge on any atom is 0.239 e. The van der Waals surface area contributed by atoms with Crippen molar-refractivity contribution < 1.29 is 14.3 Å². The van der Waals surface area contributed by atoms with Gasteiger partial charge in [-0.1, -0.05) is 62.7 Å². The van der Waals surface area contributed by atoms with Crippen LogP contribution in [0.25, 0.3) is 0 Å². The van der Waals surface area contributed by atoms with E-state index < -0.39 is 0 Å². The fourth-order valence-electron chi connectivity index (χ4n) is 3.38. The predicted molar refractivity (Wildman–Crippen MR) is 137 cm³/mol. The van der Waals surface area contributed by atoms with Gasteiger partial charge >= 0.3 is 0 Å². The van der Waals surface area contributed by atoms with Crippen LogP contribution < -0.4 is 14.8 Å². The number of methoxy groups -OCH3 is 1. The number of rotatable bonds is 12. The molecule has 1 amide bonds. The predicted octanol–water partition coefficient (Wildman–Crippen LogP) is 5.38. The highest BCUT2D eigenvalue weighted by Gasteiger charge is 2.30. The van der Waals surface area contributed by atoms with E-state index in [1.54, 1.807) is 13.3 Å². The molecule has 1 heterocycles. The lowest BCUT2D eigenvalue weighted by Crippen LogP contribution is -2.25. The normalized spacial score (nSPS) is 17.0. The van der Waals surface area contributed by atoms with Crippen LogP contribution in [0, 0.1) is 0 Å². The quantitative estimate of drug-likeness (QED) is 0.258. The lowest BCUT2D eigenvalue weighted by atomic mass is 10.0. The Morgan fingerprint density at radius 1 is 1.03 bits per heavy atom. The van der Waals surface area contributed by atoms with Crippen LogP contribution in [0.15, 0.2) is 52.7 Å². The van der Waals surface area contributed by atoms with Gasteiger partial charge in [0.15, 0.2) is 16.7 Å². The Bertz CT molecular complexity index is 973. The van der Waals surface area contributed by atoms with Crippen molar-refractivity contribution in [2.75, 3.05) is 13.7 Å². The molecule has 1 fully saturated rings. The molecule has 0 bridgehead atoms. The topological polar surface area (TPSA) is 72.3 Å². The molecule has 0 aliphatic carbocycles. The van der Waals surface area contributed by atoms with Crippen molar-refractivity contribution in [3.05, 3.63) is 59.2 Å². The first kappa shape index (κ1) is 24.8. The fraction of sp³-hybridized carbons (Fsp3) is 0.423. The average molecular weight is 468 g/mol. The van der Waals surface area contributed by atoms with Gasteiger partial charge < -0.3 is 14.8 Å². The van der Waals surface area contributed by atoms with Gasteiger partial charge in [0.2, 0.25) is 5.91 Å². The Kier molecular flexibility index (Phi) is 9.81. The van der Waals surface area contributed by atoms with Gasteiger partial charge in [-0.05, 0) is 60.6 Å². The molecule has 0 radical (unpaired) electrons. The van der Waals surface area contributed by atoms with Crippen LogP contribution in [-0.4, -0.2) is 36.3 Å². The standard InChI is InChI=1S/C26H33N3O3S/c1-4-6-8-19-9-11-20(12-10-19)17-24-25(30)28-26(33-24)29-27-18-21-13-14-22(23(16-21)31-3)32-15-7-5-2/h9-14,16,18,24H,4-8,15,17H2,1-3H3,(H,28,29,30)/b27-18-/t24-/m1/s1. The van der Waals surface area contributed by atoms with E-state index in [4.69, 9.17) is 9.47 Å². The van der Waals surface area contributed by atoms with E-state index in [9.17, 15) is 4.79 Å². The minimum Gasteiger partial charge on any atom is -0.493 e. The van der Waals surface area contributed by atoms with Crippen LogP contribution in [-0.2, 0) is 17.6 Å². The highest BCUT2D eigenvalue weighted by Crippen LogP contribution is 2.28. The second-order valence-electron chi connectivity index (χ2n) is 7.98. The highest BCUT2D eigenvalue weighted by molar-refractivity contribution is 8.15. The zero-order valence-electron chi connectivity index (χ0n) is 19.7. The molecule has 2 aromatic carbocycles. The maximum absolute atomic E-state index is 12.4. The second-order valence-corrected chi connectivity index (χ2v) is 9.17. The molecule has 1 aliphatic heterocycles. The number of hydrogen-bond acceptors (Lipinski definition) is 6. The summed E-state index contributed by atoms with van der Waals surface area (Å²) < 4.78 is 11.2. The zero-order chi connectivity index (χ0) is 23.5. The van der Waals surface area contributed by atoms with E-state index in [0.717, 1.165) is 30.4 Å². The number of carbonyl (C=O) groups is 1. The third-order valence-corrected chi connectivity index (χ3v) is 6.41. The van der Waals surface area contributed by atoms with Crippen molar-refractivity contribution >= 4 is 29.1 Å². The minimum absolute atomic E-state index is 0.0285. The Hall–Kier alpha value is -2.80. The second kappa shape index (κ2) is 13.0. The summed E-state index contributed by atoms with van der Waals surface area (Å²) in [6.45, 7) is 4.99. The number of nitrogens with zero attached hydrogens (tertiary/aromatic N) is 2. The molecule has 3 rings (SSSR count). The molecule has 1 atom stereocenters. The van der Waals surface area contributed by atoms with E-state index in [1.165, 1.54) is 30.2 Å². The van der Waals surface area contributed by atoms with Crippen LogP contribution in [0.1, 0.15) is 56.2 Å². The number of carbonyl (C=O) groups excluding carboxylic acids is 1. The third-order valence-electron chi connectivity index (χ3n) is 5.34. The van der Waals surface area contributed by atoms with Crippen LogP contribution in [0.2, 0.25) is 0 Å². The molecular formula is C26H33N3O3S. The summed E-state index contributed by atoms with van der Waals surface area (Å²) in [5, 5.41) is 11.5. The number of unbranched alkanes of at least 4 members (excludes halogenated alkanes) is 2. The van der Waals surface area contributed by atoms with Crippen LogP contribution in [0.4, 0.5) is 0 Å². The van der Waals surface area contributed by atoms with E-state index >= 15 is 0 Å². The van der Waals surface area contributed by atoms with Crippen molar-refractivity contribution in [2.45, 2.75) is 57.6 Å². The van der Waals surface area contributed by atoms with Gasteiger partial charge in [-0.25, -0.2) is 0 Å². The number of nitrogens with one attached hydrogen (secondary N) is 1. The summed E-state index contributed by atoms with van der Waals surface area (Å²) in [4.78, 5) is 12.4. The first-order chi connectivity index (χ1) is 16.1. The van der Waals surface area contributed by atoms with Crippen molar-refractivity contribution in [3.8, 4) is 11.5 Å². The van der Waals surface area contributed by atoms with Gasteiger partial charge in [0.25, 0.3) is 0 Å². The summed E-state index contributed by atoms with van der Waals surface area (Å²) in [5.41, 5.74) is 3.34. The third kappa shape index (κ3) is 7.63. The van der Waals surface area contributed by atoms with Gasteiger partial charge in [0.1, 0.15) is 0 Å². The number of ether oxygens (including phenoxy) is 2. The zero-order valence-corrected chi connectivity index (χ0v) is 20.5. The number of hydrogen-bond donors (Lipinski definition) is 1. The Balaban J connectivity index is 1.56. The fourth-order valence-corrected chi connectivity index (χ4v) is 4.35. The molecule has 33 heavy (non-hydrogen) atoms. The van der Waals surface area contributed by atoms with E-state index in [2.05, 4.69) is 53.6 Å². The lowest BCUT2D eigenvalue weighted by molar-refractivity contribution is -0.118. The molecule has 7 heteroatoms. The van der Waals surface area contributed by atoms with Gasteiger partial charge in [-0.2, -0.15) is 5.10 Å². The van der Waals surface area contributed by atoms with Crippen LogP contribution in [0.3, 0.4) is 0 Å². The van der Waals surface area contributed by atoms with Crippen molar-refractivity contribution in [3.63, 3.8) is 0 Å². The average Bonchev–Trinajstić information content (AvgIpc) is 3.18. The largest absolute Gasteiger partial charge is 0.493 e. The number of benzene rings is 2. The summed E-state index contributed by atoms with van der Waals surface area (Å²) >= 11 is 1.42. The molecule has 2 aromatic rings. The van der Waals surface area contributed by atoms with E-state index in [0.29, 0.717) is 29.7 Å². The molecular weight excluding hydrogens is 434 g/mol. The van der Waals surface area contributed by atoms with Crippen molar-refractivity contribution in [1.82, 2.24) is 5.32 Å². The molecule has 0 aromatic heterocycles. The number of amides is 1. The molecule has 176 valence electrons. The van der Waals surface area contributed by atoms with E-state index in [1.807, 2.05) is 18.2 Å². The highest BCUT2D eigenvalue weighted by atomic mass is 32.2. The van der Waals surface area contributed by atoms with Gasteiger partial charge in [-0.15, -0.1) is 5.10 Å². The molecule has 6 nitrogen and oxygen atoms in total. The summed E-state index contributed by atoms with van der Waals surface area (Å²) in [6.07, 6.45) is 7.88. The summed E-state index contributed by atoms with van der Waals surface area (Å²) in [7, 11) is 1.62. The van der Waals surface area contributed by atoms with Crippen LogP contribution in [0.5, 0.6) is 11.5 Å². The summed E-state index contributed by atoms with van der Waals surface area (Å²) in [5.74, 6) is 1.35. The Morgan fingerprint density at radius 3 is 2.52 bits per heavy atom. The van der Waals surface area contributed by atoms with Gasteiger partial charge in [0.05, 0.1) is 25.2 Å². The van der Waals surface area contributed by atoms with Crippen LogP contribution >= 0.6 is 11.8 Å². The Morgan fingerprint density at radius 2 is 1.79 bits per heavy atom. The van der Waals surface area contributed by atoms with Crippen molar-refractivity contribution in [1.29, 1.82) is 0 Å². The number of thioether (sulfide) groups is 1. The number of aryl methyl sites for hydroxylation is 1. The SMILES string of the molecule is CCCCOc1ccc(/C=N\N=C2\NC(=O)[C@@H](Cc3ccc(CCCC)cc3)S2)cc1OC. The molecule has 0 spiro atoms. The maximum atomic E-state index is 12.4. The Labute approximate surface area is 200 Å². The first-order valence-corrected chi connectivity index (χ1v) is 12.5. The lowest BCUT2D eigenvalue weighted by Gasteiger charge is -2.10. The summed E-state index contributed by atoms with van der Waals surface area (Å²) in [6, 6.07) is 14.2. The van der Waals surface area contributed by atoms with Gasteiger partial charge in [-0.3, -0.25) is 4.79 Å².